The van der Waals surface area contributed by atoms with E-state index in [-0.39, 0.29) is 24.2 Å². The molecule has 1 aromatic carbocycles. The molecule has 0 saturated carbocycles. The molecule has 1 aliphatic rings. The highest BCUT2D eigenvalue weighted by molar-refractivity contribution is 6.02. The van der Waals surface area contributed by atoms with Crippen LogP contribution in [0.15, 0.2) is 18.2 Å². The van der Waals surface area contributed by atoms with Crippen molar-refractivity contribution in [2.24, 2.45) is 5.73 Å². The van der Waals surface area contributed by atoms with E-state index in [2.05, 4.69) is 24.4 Å². The first kappa shape index (κ1) is 13.0. The second-order valence-electron chi connectivity index (χ2n) is 3.89. The molecule has 0 aliphatic carbocycles. The van der Waals surface area contributed by atoms with Crippen molar-refractivity contribution >= 4 is 24.0 Å². The third-order valence-electron chi connectivity index (χ3n) is 2.93. The minimum absolute atomic E-state index is 0. The summed E-state index contributed by atoms with van der Waals surface area (Å²) >= 11 is 0. The number of nitrogens with two attached hydrogens (primary N) is 1. The van der Waals surface area contributed by atoms with Crippen LogP contribution in [-0.2, 0) is 11.2 Å². The Morgan fingerprint density at radius 1 is 1.44 bits per heavy atom. The number of carbonyl (C=O) groups excluding carboxylic acids is 1. The molecule has 0 radical (unpaired) electrons. The van der Waals surface area contributed by atoms with Gasteiger partial charge in [0, 0.05) is 5.69 Å². The fourth-order valence-electron chi connectivity index (χ4n) is 2.05. The molecule has 1 amide bonds. The summed E-state index contributed by atoms with van der Waals surface area (Å²) in [7, 11) is 0. The van der Waals surface area contributed by atoms with Gasteiger partial charge >= 0.3 is 0 Å². The average Bonchev–Trinajstić information content (AvgIpc) is 2.55. The van der Waals surface area contributed by atoms with Gasteiger partial charge in [0.2, 0.25) is 5.91 Å². The first-order valence-corrected chi connectivity index (χ1v) is 5.40. The van der Waals surface area contributed by atoms with Gasteiger partial charge in [0.15, 0.2) is 0 Å². The van der Waals surface area contributed by atoms with E-state index in [1.807, 2.05) is 6.07 Å². The second kappa shape index (κ2) is 5.32. The van der Waals surface area contributed by atoms with Crippen molar-refractivity contribution in [3.8, 4) is 0 Å². The molecule has 1 heterocycles. The van der Waals surface area contributed by atoms with Crippen molar-refractivity contribution in [1.82, 2.24) is 0 Å². The van der Waals surface area contributed by atoms with Crippen LogP contribution in [0.25, 0.3) is 0 Å². The monoisotopic (exact) mass is 240 g/mol. The Kier molecular flexibility index (Phi) is 4.33. The molecule has 0 aromatic heterocycles. The van der Waals surface area contributed by atoms with Gasteiger partial charge in [-0.05, 0) is 36.6 Å². The third-order valence-corrected chi connectivity index (χ3v) is 2.93. The van der Waals surface area contributed by atoms with E-state index in [0.29, 0.717) is 6.54 Å². The number of carbonyl (C=O) groups is 1. The quantitative estimate of drug-likeness (QED) is 0.850. The van der Waals surface area contributed by atoms with Crippen molar-refractivity contribution in [2.75, 3.05) is 11.9 Å². The van der Waals surface area contributed by atoms with Gasteiger partial charge in [0.1, 0.15) is 0 Å². The third kappa shape index (κ3) is 2.20. The molecule has 0 spiro atoms. The normalized spacial score (nSPS) is 17.6. The molecule has 4 heteroatoms. The number of nitrogens with one attached hydrogen (secondary N) is 1. The van der Waals surface area contributed by atoms with E-state index < -0.39 is 0 Å². The summed E-state index contributed by atoms with van der Waals surface area (Å²) in [5.74, 6) is 0.0419. The lowest BCUT2D eigenvalue weighted by Gasteiger charge is -2.07. The summed E-state index contributed by atoms with van der Waals surface area (Å²) in [5.41, 5.74) is 8.86. The first-order chi connectivity index (χ1) is 7.26. The molecule has 3 nitrogen and oxygen atoms in total. The number of rotatable bonds is 3. The van der Waals surface area contributed by atoms with Gasteiger partial charge in [-0.2, -0.15) is 0 Å². The fraction of sp³-hybridized carbons (Fsp3) is 0.417. The lowest BCUT2D eigenvalue weighted by molar-refractivity contribution is -0.117. The standard InChI is InChI=1S/C12H16N2O.ClH/c1-2-8-3-4-11-10(7-8)9(5-6-13)12(15)14-11;/h3-4,7,9H,2,5-6,13H2,1H3,(H,14,15);1H. The Morgan fingerprint density at radius 2 is 2.19 bits per heavy atom. The summed E-state index contributed by atoms with van der Waals surface area (Å²) in [6.45, 7) is 2.66. The number of anilines is 1. The van der Waals surface area contributed by atoms with Crippen molar-refractivity contribution in [1.29, 1.82) is 0 Å². The van der Waals surface area contributed by atoms with Gasteiger partial charge in [0.05, 0.1) is 5.92 Å². The van der Waals surface area contributed by atoms with Gasteiger partial charge in [-0.15, -0.1) is 12.4 Å². The summed E-state index contributed by atoms with van der Waals surface area (Å²) in [6.07, 6.45) is 1.73. The summed E-state index contributed by atoms with van der Waals surface area (Å²) in [6, 6.07) is 6.17. The first-order valence-electron chi connectivity index (χ1n) is 5.40. The van der Waals surface area contributed by atoms with E-state index in [4.69, 9.17) is 5.73 Å². The highest BCUT2D eigenvalue weighted by Gasteiger charge is 2.29. The molecule has 0 fully saturated rings. The molecule has 16 heavy (non-hydrogen) atoms. The highest BCUT2D eigenvalue weighted by atomic mass is 35.5. The zero-order valence-electron chi connectivity index (χ0n) is 9.32. The lowest BCUT2D eigenvalue weighted by atomic mass is 9.95. The van der Waals surface area contributed by atoms with E-state index in [0.717, 1.165) is 24.1 Å². The number of hydrogen-bond donors (Lipinski definition) is 2. The van der Waals surface area contributed by atoms with Crippen LogP contribution < -0.4 is 11.1 Å². The molecule has 1 aliphatic heterocycles. The molecule has 1 aromatic rings. The summed E-state index contributed by atoms with van der Waals surface area (Å²) in [4.78, 5) is 11.7. The SMILES string of the molecule is CCc1ccc2c(c1)C(CCN)C(=O)N2.Cl. The van der Waals surface area contributed by atoms with Crippen molar-refractivity contribution < 1.29 is 4.79 Å². The second-order valence-corrected chi connectivity index (χ2v) is 3.89. The van der Waals surface area contributed by atoms with Crippen molar-refractivity contribution in [2.45, 2.75) is 25.7 Å². The largest absolute Gasteiger partial charge is 0.330 e. The van der Waals surface area contributed by atoms with Gasteiger partial charge < -0.3 is 11.1 Å². The molecule has 1 atom stereocenters. The van der Waals surface area contributed by atoms with E-state index in [9.17, 15) is 4.79 Å². The van der Waals surface area contributed by atoms with Crippen molar-refractivity contribution in [3.05, 3.63) is 29.3 Å². The smallest absolute Gasteiger partial charge is 0.232 e. The van der Waals surface area contributed by atoms with Crippen LogP contribution in [0.4, 0.5) is 5.69 Å². The highest BCUT2D eigenvalue weighted by Crippen LogP contribution is 2.34. The Labute approximate surface area is 102 Å². The minimum atomic E-state index is -0.0449. The minimum Gasteiger partial charge on any atom is -0.330 e. The topological polar surface area (TPSA) is 55.1 Å². The molecular weight excluding hydrogens is 224 g/mol. The van der Waals surface area contributed by atoms with E-state index in [1.165, 1.54) is 5.56 Å². The summed E-state index contributed by atoms with van der Waals surface area (Å²) < 4.78 is 0. The molecule has 2 rings (SSSR count). The van der Waals surface area contributed by atoms with E-state index >= 15 is 0 Å². The van der Waals surface area contributed by atoms with Crippen LogP contribution in [0.2, 0.25) is 0 Å². The van der Waals surface area contributed by atoms with Crippen LogP contribution in [0.1, 0.15) is 30.4 Å². The number of fused-ring (bicyclic) bond motifs is 1. The van der Waals surface area contributed by atoms with Gasteiger partial charge in [-0.25, -0.2) is 0 Å². The predicted octanol–water partition coefficient (Wildman–Crippen LogP) is 2.06. The average molecular weight is 241 g/mol. The molecule has 0 saturated heterocycles. The van der Waals surface area contributed by atoms with Crippen LogP contribution in [0.3, 0.4) is 0 Å². The maximum Gasteiger partial charge on any atom is 0.232 e. The zero-order valence-corrected chi connectivity index (χ0v) is 10.1. The Bertz CT molecular complexity index is 393. The Hall–Kier alpha value is -1.06. The Morgan fingerprint density at radius 3 is 2.81 bits per heavy atom. The molecule has 88 valence electrons. The molecule has 3 N–H and O–H groups in total. The van der Waals surface area contributed by atoms with Crippen molar-refractivity contribution in [3.63, 3.8) is 0 Å². The fourth-order valence-corrected chi connectivity index (χ4v) is 2.05. The molecule has 0 bridgehead atoms. The van der Waals surface area contributed by atoms with Gasteiger partial charge in [0.25, 0.3) is 0 Å². The van der Waals surface area contributed by atoms with Crippen LogP contribution >= 0.6 is 12.4 Å². The number of hydrogen-bond acceptors (Lipinski definition) is 2. The zero-order chi connectivity index (χ0) is 10.8. The number of amides is 1. The molecule has 1 unspecified atom stereocenters. The number of benzene rings is 1. The summed E-state index contributed by atoms with van der Waals surface area (Å²) in [5, 5.41) is 2.89. The number of halogens is 1. The number of aryl methyl sites for hydroxylation is 1. The van der Waals surface area contributed by atoms with Crippen LogP contribution in [-0.4, -0.2) is 12.5 Å². The maximum atomic E-state index is 11.7. The van der Waals surface area contributed by atoms with Crippen LogP contribution in [0.5, 0.6) is 0 Å². The maximum absolute atomic E-state index is 11.7. The van der Waals surface area contributed by atoms with Gasteiger partial charge in [-0.3, -0.25) is 4.79 Å². The van der Waals surface area contributed by atoms with Gasteiger partial charge in [-0.1, -0.05) is 19.1 Å². The Balaban J connectivity index is 0.00000128. The van der Waals surface area contributed by atoms with E-state index in [1.54, 1.807) is 0 Å². The molecular formula is C12H17ClN2O. The van der Waals surface area contributed by atoms with Crippen LogP contribution in [0, 0.1) is 0 Å². The lowest BCUT2D eigenvalue weighted by Crippen LogP contribution is -2.15. The predicted molar refractivity (Wildman–Crippen MR) is 68.1 cm³/mol.